The van der Waals surface area contributed by atoms with Crippen molar-refractivity contribution in [2.45, 2.75) is 31.7 Å². The molecule has 0 aliphatic carbocycles. The number of likely N-dealkylation sites (tertiary alicyclic amines) is 1. The number of furan rings is 1. The number of anilines is 1. The third-order valence-electron chi connectivity index (χ3n) is 5.61. The highest BCUT2D eigenvalue weighted by Gasteiger charge is 2.30. The van der Waals surface area contributed by atoms with Gasteiger partial charge in [-0.3, -0.25) is 9.59 Å². The number of nitrogens with zero attached hydrogens (tertiary/aromatic N) is 1. The topological polar surface area (TPSA) is 67.0 Å². The number of benzene rings is 1. The largest absolute Gasteiger partial charge is 0.463 e. The molecule has 27 heavy (non-hydrogen) atoms. The summed E-state index contributed by atoms with van der Waals surface area (Å²) in [6.07, 6.45) is 5.63. The quantitative estimate of drug-likeness (QED) is 0.813. The van der Waals surface area contributed by atoms with Crippen LogP contribution < -0.4 is 15.1 Å². The minimum Gasteiger partial charge on any atom is -0.463 e. The lowest BCUT2D eigenvalue weighted by Crippen LogP contribution is -3.11. The van der Waals surface area contributed by atoms with Gasteiger partial charge in [-0.1, -0.05) is 0 Å². The number of hydrogen-bond donors (Lipinski definition) is 2. The molecule has 4 rings (SSSR count). The molecule has 2 N–H and O–H groups in total. The lowest BCUT2D eigenvalue weighted by Gasteiger charge is -2.23. The Hall–Kier alpha value is -2.60. The monoisotopic (exact) mass is 368 g/mol. The lowest BCUT2D eigenvalue weighted by atomic mass is 10.1. The van der Waals surface area contributed by atoms with Gasteiger partial charge in [-0.05, 0) is 42.8 Å². The molecule has 142 valence electrons. The Balaban J connectivity index is 1.39. The first-order chi connectivity index (χ1) is 13.2. The maximum Gasteiger partial charge on any atom is 0.251 e. The number of rotatable bonds is 6. The van der Waals surface area contributed by atoms with Crippen molar-refractivity contribution in [3.8, 4) is 0 Å². The van der Waals surface area contributed by atoms with E-state index < -0.39 is 0 Å². The summed E-state index contributed by atoms with van der Waals surface area (Å²) in [4.78, 5) is 27.7. The Morgan fingerprint density at radius 3 is 2.56 bits per heavy atom. The van der Waals surface area contributed by atoms with Crippen LogP contribution in [0.15, 0.2) is 47.1 Å². The molecule has 2 aromatic rings. The van der Waals surface area contributed by atoms with Gasteiger partial charge in [0.2, 0.25) is 5.91 Å². The van der Waals surface area contributed by atoms with Gasteiger partial charge in [-0.25, -0.2) is 0 Å². The van der Waals surface area contributed by atoms with Crippen LogP contribution >= 0.6 is 0 Å². The van der Waals surface area contributed by atoms with Gasteiger partial charge in [-0.15, -0.1) is 0 Å². The van der Waals surface area contributed by atoms with E-state index in [2.05, 4.69) is 5.32 Å². The summed E-state index contributed by atoms with van der Waals surface area (Å²) in [5.41, 5.74) is 1.48. The Morgan fingerprint density at radius 2 is 1.93 bits per heavy atom. The van der Waals surface area contributed by atoms with E-state index in [1.807, 2.05) is 24.3 Å². The second kappa shape index (κ2) is 7.96. The number of quaternary nitrogens is 1. The van der Waals surface area contributed by atoms with Gasteiger partial charge in [0.05, 0.1) is 25.9 Å². The zero-order valence-electron chi connectivity index (χ0n) is 15.4. The Bertz CT molecular complexity index is 780. The second-order valence-electron chi connectivity index (χ2n) is 7.34. The Morgan fingerprint density at radius 1 is 1.15 bits per heavy atom. The van der Waals surface area contributed by atoms with Crippen molar-refractivity contribution in [3.05, 3.63) is 54.0 Å². The molecule has 0 saturated carbocycles. The highest BCUT2D eigenvalue weighted by molar-refractivity contribution is 5.97. The van der Waals surface area contributed by atoms with Crippen molar-refractivity contribution in [1.29, 1.82) is 0 Å². The molecule has 1 aromatic heterocycles. The molecular weight excluding hydrogens is 342 g/mol. The number of carbonyl (C=O) groups excluding carboxylic acids is 2. The molecule has 3 heterocycles. The third kappa shape index (κ3) is 3.90. The van der Waals surface area contributed by atoms with Gasteiger partial charge in [-0.2, -0.15) is 0 Å². The van der Waals surface area contributed by atoms with Crippen LogP contribution in [0, 0.1) is 0 Å². The zero-order valence-corrected chi connectivity index (χ0v) is 15.4. The lowest BCUT2D eigenvalue weighted by molar-refractivity contribution is -0.919. The first-order valence-electron chi connectivity index (χ1n) is 9.79. The summed E-state index contributed by atoms with van der Waals surface area (Å²) in [6.45, 7) is 3.53. The fraction of sp³-hybridized carbons (Fsp3) is 0.429. The number of nitrogens with one attached hydrogen (secondary N) is 2. The van der Waals surface area contributed by atoms with Crippen molar-refractivity contribution >= 4 is 17.5 Å². The van der Waals surface area contributed by atoms with Crippen LogP contribution in [-0.2, 0) is 4.79 Å². The minimum absolute atomic E-state index is 0.0931. The van der Waals surface area contributed by atoms with E-state index in [0.717, 1.165) is 37.5 Å². The molecule has 6 heteroatoms. The molecule has 0 radical (unpaired) electrons. The van der Waals surface area contributed by atoms with Crippen LogP contribution in [0.25, 0.3) is 0 Å². The average Bonchev–Trinajstić information content (AvgIpc) is 3.45. The van der Waals surface area contributed by atoms with Crippen LogP contribution in [0.3, 0.4) is 0 Å². The first kappa shape index (κ1) is 17.8. The SMILES string of the molecule is O=C(NC[C@H](c1ccco1)[NH+]1CCCC1)c1ccc(N2CCCC2=O)cc1. The Kier molecular flexibility index (Phi) is 5.25. The van der Waals surface area contributed by atoms with Crippen LogP contribution in [0.1, 0.15) is 47.8 Å². The summed E-state index contributed by atoms with van der Waals surface area (Å²) in [7, 11) is 0. The van der Waals surface area contributed by atoms with E-state index in [-0.39, 0.29) is 17.9 Å². The summed E-state index contributed by atoms with van der Waals surface area (Å²) >= 11 is 0. The van der Waals surface area contributed by atoms with Crippen molar-refractivity contribution in [1.82, 2.24) is 5.32 Å². The van der Waals surface area contributed by atoms with E-state index in [4.69, 9.17) is 4.42 Å². The van der Waals surface area contributed by atoms with E-state index >= 15 is 0 Å². The highest BCUT2D eigenvalue weighted by Crippen LogP contribution is 2.21. The summed E-state index contributed by atoms with van der Waals surface area (Å²) in [5.74, 6) is 0.988. The predicted molar refractivity (Wildman–Crippen MR) is 102 cm³/mol. The zero-order chi connectivity index (χ0) is 18.6. The first-order valence-corrected chi connectivity index (χ1v) is 9.79. The molecule has 2 amide bonds. The van der Waals surface area contributed by atoms with E-state index in [1.165, 1.54) is 17.7 Å². The molecular formula is C21H26N3O3+. The summed E-state index contributed by atoms with van der Waals surface area (Å²) in [5, 5.41) is 3.06. The molecule has 0 bridgehead atoms. The van der Waals surface area contributed by atoms with Crippen LogP contribution in [0.2, 0.25) is 0 Å². The van der Waals surface area contributed by atoms with Crippen LogP contribution in [-0.4, -0.2) is 38.0 Å². The molecule has 6 nitrogen and oxygen atoms in total. The Labute approximate surface area is 159 Å². The molecule has 0 unspecified atom stereocenters. The average molecular weight is 368 g/mol. The van der Waals surface area contributed by atoms with Crippen LogP contribution in [0.4, 0.5) is 5.69 Å². The summed E-state index contributed by atoms with van der Waals surface area (Å²) < 4.78 is 5.62. The molecule has 2 aliphatic rings. The molecule has 2 aliphatic heterocycles. The van der Waals surface area contributed by atoms with Gasteiger partial charge in [0.25, 0.3) is 5.91 Å². The normalized spacial score (nSPS) is 18.8. The highest BCUT2D eigenvalue weighted by atomic mass is 16.3. The van der Waals surface area contributed by atoms with Crippen molar-refractivity contribution in [2.24, 2.45) is 0 Å². The minimum atomic E-state index is -0.0931. The maximum atomic E-state index is 12.6. The van der Waals surface area contributed by atoms with Crippen molar-refractivity contribution in [3.63, 3.8) is 0 Å². The van der Waals surface area contributed by atoms with Gasteiger partial charge in [0.1, 0.15) is 0 Å². The smallest absolute Gasteiger partial charge is 0.251 e. The summed E-state index contributed by atoms with van der Waals surface area (Å²) in [6, 6.07) is 11.3. The molecule has 2 fully saturated rings. The van der Waals surface area contributed by atoms with Gasteiger partial charge < -0.3 is 19.5 Å². The van der Waals surface area contributed by atoms with Gasteiger partial charge in [0.15, 0.2) is 11.8 Å². The molecule has 1 atom stereocenters. The fourth-order valence-electron chi connectivity index (χ4n) is 4.12. The predicted octanol–water partition coefficient (Wildman–Crippen LogP) is 1.56. The number of hydrogen-bond acceptors (Lipinski definition) is 3. The van der Waals surface area contributed by atoms with Crippen molar-refractivity contribution < 1.29 is 18.9 Å². The standard InChI is InChI=1S/C21H25N3O3/c25-20-6-3-13-24(20)17-9-7-16(8-10-17)21(26)22-15-18(19-5-4-14-27-19)23-11-1-2-12-23/h4-5,7-10,14,18H,1-3,6,11-13,15H2,(H,22,26)/p+1/t18-/m1/s1. The number of amides is 2. The van der Waals surface area contributed by atoms with Crippen LogP contribution in [0.5, 0.6) is 0 Å². The van der Waals surface area contributed by atoms with E-state index in [1.54, 1.807) is 23.3 Å². The molecule has 2 saturated heterocycles. The fourth-order valence-corrected chi connectivity index (χ4v) is 4.12. The molecule has 1 aromatic carbocycles. The number of carbonyl (C=O) groups is 2. The van der Waals surface area contributed by atoms with E-state index in [0.29, 0.717) is 18.5 Å². The van der Waals surface area contributed by atoms with E-state index in [9.17, 15) is 9.59 Å². The van der Waals surface area contributed by atoms with Gasteiger partial charge >= 0.3 is 0 Å². The third-order valence-corrected chi connectivity index (χ3v) is 5.61. The second-order valence-corrected chi connectivity index (χ2v) is 7.34. The molecule has 0 spiro atoms. The van der Waals surface area contributed by atoms with Crippen molar-refractivity contribution in [2.75, 3.05) is 31.1 Å². The maximum absolute atomic E-state index is 12.6. The van der Waals surface area contributed by atoms with Gasteiger partial charge in [0, 0.05) is 37.1 Å².